The van der Waals surface area contributed by atoms with E-state index in [0.29, 0.717) is 11.4 Å². The minimum absolute atomic E-state index is 0.212. The van der Waals surface area contributed by atoms with E-state index in [1.807, 2.05) is 66.7 Å². The van der Waals surface area contributed by atoms with Crippen LogP contribution in [0.1, 0.15) is 5.56 Å². The van der Waals surface area contributed by atoms with Crippen molar-refractivity contribution in [1.82, 2.24) is 0 Å². The molecule has 4 heteroatoms. The average molecular weight is 307 g/mol. The Morgan fingerprint density at radius 1 is 0.957 bits per heavy atom. The zero-order chi connectivity index (χ0) is 16.1. The van der Waals surface area contributed by atoms with E-state index in [0.717, 1.165) is 16.3 Å². The van der Waals surface area contributed by atoms with E-state index in [4.69, 9.17) is 9.57 Å². The van der Waals surface area contributed by atoms with Crippen molar-refractivity contribution in [3.05, 3.63) is 72.3 Å². The van der Waals surface area contributed by atoms with Crippen molar-refractivity contribution in [2.75, 3.05) is 12.6 Å². The molecule has 0 radical (unpaired) electrons. The Kier molecular flexibility index (Phi) is 4.43. The molecule has 0 saturated carbocycles. The van der Waals surface area contributed by atoms with Crippen molar-refractivity contribution in [2.24, 2.45) is 0 Å². The number of nitrogens with one attached hydrogen (secondary N) is 1. The number of fused-ring (bicyclic) bond motifs is 1. The molecular formula is C19H17NO3. The summed E-state index contributed by atoms with van der Waals surface area (Å²) in [5, 5.41) is 2.10. The van der Waals surface area contributed by atoms with E-state index in [-0.39, 0.29) is 12.4 Å². The van der Waals surface area contributed by atoms with E-state index in [9.17, 15) is 4.79 Å². The third-order valence-corrected chi connectivity index (χ3v) is 3.53. The molecule has 0 spiro atoms. The molecule has 23 heavy (non-hydrogen) atoms. The second-order valence-corrected chi connectivity index (χ2v) is 5.14. The number of methoxy groups -OCH3 is 1. The van der Waals surface area contributed by atoms with Crippen LogP contribution >= 0.6 is 0 Å². The molecule has 0 fully saturated rings. The Hall–Kier alpha value is -3.01. The zero-order valence-electron chi connectivity index (χ0n) is 12.8. The lowest BCUT2D eigenvalue weighted by Gasteiger charge is -2.12. The molecule has 0 aliphatic carbocycles. The highest BCUT2D eigenvalue weighted by Gasteiger charge is 2.09. The van der Waals surface area contributed by atoms with Crippen LogP contribution in [0.2, 0.25) is 0 Å². The maximum Gasteiger partial charge on any atom is 0.336 e. The van der Waals surface area contributed by atoms with Crippen LogP contribution < -0.4 is 10.2 Å². The second kappa shape index (κ2) is 6.83. The van der Waals surface area contributed by atoms with Gasteiger partial charge in [0.25, 0.3) is 0 Å². The van der Waals surface area contributed by atoms with Gasteiger partial charge in [0.2, 0.25) is 0 Å². The smallest absolute Gasteiger partial charge is 0.336 e. The fraction of sp³-hybridized carbons (Fsp3) is 0.105. The fourth-order valence-electron chi connectivity index (χ4n) is 2.38. The Bertz CT molecular complexity index is 815. The van der Waals surface area contributed by atoms with Crippen LogP contribution in [-0.2, 0) is 16.1 Å². The Labute approximate surface area is 134 Å². The normalized spacial score (nSPS) is 10.3. The van der Waals surface area contributed by atoms with Crippen molar-refractivity contribution >= 4 is 22.4 Å². The highest BCUT2D eigenvalue weighted by Crippen LogP contribution is 2.30. The summed E-state index contributed by atoms with van der Waals surface area (Å²) in [6.45, 7) is 0. The minimum Gasteiger partial charge on any atom is -0.494 e. The molecular weight excluding hydrogens is 290 g/mol. The number of hydrogen-bond donors (Lipinski definition) is 1. The second-order valence-electron chi connectivity index (χ2n) is 5.14. The van der Waals surface area contributed by atoms with E-state index in [1.54, 1.807) is 7.11 Å². The maximum absolute atomic E-state index is 11.9. The van der Waals surface area contributed by atoms with Gasteiger partial charge in [-0.15, -0.1) is 0 Å². The molecule has 0 amide bonds. The molecule has 0 saturated heterocycles. The molecule has 4 nitrogen and oxygen atoms in total. The number of ether oxygens (including phenoxy) is 1. The van der Waals surface area contributed by atoms with Crippen LogP contribution in [0.5, 0.6) is 5.75 Å². The van der Waals surface area contributed by atoms with Gasteiger partial charge in [-0.1, -0.05) is 54.6 Å². The topological polar surface area (TPSA) is 47.6 Å². The maximum atomic E-state index is 11.9. The lowest BCUT2D eigenvalue weighted by Crippen LogP contribution is -2.13. The molecule has 0 aromatic heterocycles. The number of carbonyl (C=O) groups excluding carboxylic acids is 1. The van der Waals surface area contributed by atoms with E-state index in [2.05, 4.69) is 5.48 Å². The molecule has 0 atom stereocenters. The van der Waals surface area contributed by atoms with Crippen molar-refractivity contribution in [1.29, 1.82) is 0 Å². The molecule has 0 aliphatic heterocycles. The fourth-order valence-corrected chi connectivity index (χ4v) is 2.38. The van der Waals surface area contributed by atoms with Crippen LogP contribution in [0, 0.1) is 0 Å². The molecule has 1 N–H and O–H groups in total. The van der Waals surface area contributed by atoms with E-state index in [1.165, 1.54) is 0 Å². The van der Waals surface area contributed by atoms with E-state index < -0.39 is 0 Å². The highest BCUT2D eigenvalue weighted by atomic mass is 16.7. The number of rotatable bonds is 5. The summed E-state index contributed by atoms with van der Waals surface area (Å²) >= 11 is 0. The summed E-state index contributed by atoms with van der Waals surface area (Å²) in [4.78, 5) is 17.1. The largest absolute Gasteiger partial charge is 0.494 e. The monoisotopic (exact) mass is 307 g/mol. The standard InChI is InChI=1S/C19H17NO3/c1-22-18-13-16-10-6-5-9-15(16)12-17(18)20-23-19(21)11-14-7-3-2-4-8-14/h2-10,12-13,20H,11H2,1H3. The summed E-state index contributed by atoms with van der Waals surface area (Å²) in [6, 6.07) is 21.2. The van der Waals surface area contributed by atoms with Gasteiger partial charge in [-0.05, 0) is 28.5 Å². The number of anilines is 1. The summed E-state index contributed by atoms with van der Waals surface area (Å²) < 4.78 is 5.35. The number of benzene rings is 3. The number of carbonyl (C=O) groups is 1. The van der Waals surface area contributed by atoms with Crippen LogP contribution in [-0.4, -0.2) is 13.1 Å². The molecule has 3 aromatic rings. The number of hydrogen-bond acceptors (Lipinski definition) is 4. The van der Waals surface area contributed by atoms with Gasteiger partial charge in [0.05, 0.1) is 13.5 Å². The van der Waals surface area contributed by atoms with Crippen molar-refractivity contribution < 1.29 is 14.4 Å². The van der Waals surface area contributed by atoms with Gasteiger partial charge < -0.3 is 9.57 Å². The molecule has 3 aromatic carbocycles. The van der Waals surface area contributed by atoms with Gasteiger partial charge in [-0.3, -0.25) is 0 Å². The lowest BCUT2D eigenvalue weighted by atomic mass is 10.1. The Morgan fingerprint density at radius 3 is 2.30 bits per heavy atom. The van der Waals surface area contributed by atoms with Crippen LogP contribution in [0.15, 0.2) is 66.7 Å². The van der Waals surface area contributed by atoms with Gasteiger partial charge in [0.15, 0.2) is 0 Å². The highest BCUT2D eigenvalue weighted by molar-refractivity contribution is 5.88. The molecule has 3 rings (SSSR count). The van der Waals surface area contributed by atoms with Gasteiger partial charge in [-0.2, -0.15) is 0 Å². The predicted octanol–water partition coefficient (Wildman–Crippen LogP) is 3.96. The van der Waals surface area contributed by atoms with E-state index >= 15 is 0 Å². The lowest BCUT2D eigenvalue weighted by molar-refractivity contribution is -0.139. The van der Waals surface area contributed by atoms with Gasteiger partial charge >= 0.3 is 5.97 Å². The molecule has 0 unspecified atom stereocenters. The third kappa shape index (κ3) is 3.61. The minimum atomic E-state index is -0.355. The first-order valence-corrected chi connectivity index (χ1v) is 7.32. The van der Waals surface area contributed by atoms with Gasteiger partial charge in [0.1, 0.15) is 11.4 Å². The molecule has 0 bridgehead atoms. The summed E-state index contributed by atoms with van der Waals surface area (Å²) in [5.41, 5.74) is 4.23. The summed E-state index contributed by atoms with van der Waals surface area (Å²) in [5.74, 6) is 0.266. The summed E-state index contributed by atoms with van der Waals surface area (Å²) in [7, 11) is 1.58. The Balaban J connectivity index is 1.72. The summed E-state index contributed by atoms with van der Waals surface area (Å²) in [6.07, 6.45) is 0.212. The first-order chi connectivity index (χ1) is 11.3. The zero-order valence-corrected chi connectivity index (χ0v) is 12.8. The molecule has 0 heterocycles. The van der Waals surface area contributed by atoms with Gasteiger partial charge in [0, 0.05) is 0 Å². The first kappa shape index (κ1) is 14.9. The van der Waals surface area contributed by atoms with Crippen molar-refractivity contribution in [3.8, 4) is 5.75 Å². The van der Waals surface area contributed by atoms with Crippen LogP contribution in [0.3, 0.4) is 0 Å². The average Bonchev–Trinajstić information content (AvgIpc) is 2.60. The molecule has 116 valence electrons. The SMILES string of the molecule is COc1cc2ccccc2cc1NOC(=O)Cc1ccccc1. The van der Waals surface area contributed by atoms with Crippen molar-refractivity contribution in [3.63, 3.8) is 0 Å². The first-order valence-electron chi connectivity index (χ1n) is 7.32. The van der Waals surface area contributed by atoms with Gasteiger partial charge in [-0.25, -0.2) is 10.3 Å². The third-order valence-electron chi connectivity index (χ3n) is 3.53. The quantitative estimate of drug-likeness (QED) is 0.725. The Morgan fingerprint density at radius 2 is 1.61 bits per heavy atom. The van der Waals surface area contributed by atoms with Crippen molar-refractivity contribution in [2.45, 2.75) is 6.42 Å². The predicted molar refractivity (Wildman–Crippen MR) is 90.4 cm³/mol. The van der Waals surface area contributed by atoms with Crippen LogP contribution in [0.25, 0.3) is 10.8 Å². The molecule has 0 aliphatic rings. The van der Waals surface area contributed by atoms with Crippen LogP contribution in [0.4, 0.5) is 5.69 Å².